The van der Waals surface area contributed by atoms with Crippen LogP contribution in [0, 0.1) is 0 Å². The predicted molar refractivity (Wildman–Crippen MR) is 31.7 cm³/mol. The Morgan fingerprint density at radius 3 is 2.29 bits per heavy atom. The number of nitrogens with zero attached hydrogens (tertiary/aromatic N) is 1. The topological polar surface area (TPSA) is 12.4 Å². The third-order valence-electron chi connectivity index (χ3n) is 0.997. The molecule has 38 valence electrons. The molecule has 0 aliphatic carbocycles. The van der Waals surface area contributed by atoms with Gasteiger partial charge < -0.3 is 0 Å². The molecule has 7 heavy (non-hydrogen) atoms. The van der Waals surface area contributed by atoms with E-state index in [1.807, 2.05) is 12.3 Å². The van der Waals surface area contributed by atoms with Gasteiger partial charge in [-0.15, -0.1) is 0 Å². The fraction of sp³-hybridized carbons (Fsp3) is 0.500. The molecule has 0 spiro atoms. The van der Waals surface area contributed by atoms with Crippen molar-refractivity contribution in [2.45, 2.75) is 19.4 Å². The summed E-state index contributed by atoms with van der Waals surface area (Å²) in [6, 6.07) is 0. The summed E-state index contributed by atoms with van der Waals surface area (Å²) < 4.78 is 0. The number of hydrogen-bond acceptors (Lipinski definition) is 1. The average Bonchev–Trinajstić information content (AvgIpc) is 1.84. The normalized spacial score (nSPS) is 23.7. The number of hydrogen-bond donors (Lipinski definition) is 0. The van der Waals surface area contributed by atoms with E-state index in [0.717, 1.165) is 0 Å². The van der Waals surface area contributed by atoms with Gasteiger partial charge in [-0.2, -0.15) is 0 Å². The van der Waals surface area contributed by atoms with Crippen LogP contribution in [0.25, 0.3) is 0 Å². The third-order valence-corrected chi connectivity index (χ3v) is 0.997. The van der Waals surface area contributed by atoms with Crippen molar-refractivity contribution in [3.05, 3.63) is 12.2 Å². The van der Waals surface area contributed by atoms with Crippen molar-refractivity contribution in [1.82, 2.24) is 0 Å². The molecule has 1 nitrogen and oxygen atoms in total. The largest absolute Gasteiger partial charge is 0.283 e. The monoisotopic (exact) mass is 95.1 g/mol. The van der Waals surface area contributed by atoms with Gasteiger partial charge in [0.2, 0.25) is 0 Å². The highest BCUT2D eigenvalue weighted by Gasteiger charge is 2.11. The summed E-state index contributed by atoms with van der Waals surface area (Å²) >= 11 is 0. The van der Waals surface area contributed by atoms with Gasteiger partial charge in [0, 0.05) is 6.21 Å². The predicted octanol–water partition coefficient (Wildman–Crippen LogP) is 1.41. The lowest BCUT2D eigenvalue weighted by atomic mass is 10.1. The number of allylic oxidation sites excluding steroid dienone is 1. The highest BCUT2D eigenvalue weighted by Crippen LogP contribution is 2.12. The van der Waals surface area contributed by atoms with E-state index in [4.69, 9.17) is 0 Å². The fourth-order valence-electron chi connectivity index (χ4n) is 0.557. The second kappa shape index (κ2) is 1.19. The lowest BCUT2D eigenvalue weighted by Gasteiger charge is -2.07. The number of rotatable bonds is 0. The van der Waals surface area contributed by atoms with Crippen LogP contribution in [0.1, 0.15) is 13.8 Å². The first-order valence-corrected chi connectivity index (χ1v) is 2.44. The highest BCUT2D eigenvalue weighted by molar-refractivity contribution is 5.74. The SMILES string of the molecule is CC1(C)C=CC=N1. The van der Waals surface area contributed by atoms with Gasteiger partial charge in [0.05, 0.1) is 5.54 Å². The number of aliphatic imine (C=N–C) groups is 1. The Bertz CT molecular complexity index is 106. The first-order chi connectivity index (χ1) is 3.21. The quantitative estimate of drug-likeness (QED) is 0.431. The van der Waals surface area contributed by atoms with Gasteiger partial charge in [-0.25, -0.2) is 0 Å². The van der Waals surface area contributed by atoms with E-state index in [0.29, 0.717) is 0 Å². The second-order valence-electron chi connectivity index (χ2n) is 2.29. The zero-order valence-electron chi connectivity index (χ0n) is 4.68. The van der Waals surface area contributed by atoms with Gasteiger partial charge in [-0.05, 0) is 19.9 Å². The summed E-state index contributed by atoms with van der Waals surface area (Å²) in [5, 5.41) is 0. The van der Waals surface area contributed by atoms with Crippen molar-refractivity contribution in [2.24, 2.45) is 4.99 Å². The Kier molecular flexibility index (Phi) is 0.775. The molecular formula is C6H9N. The van der Waals surface area contributed by atoms with Crippen molar-refractivity contribution in [1.29, 1.82) is 0 Å². The van der Waals surface area contributed by atoms with Crippen LogP contribution in [0.4, 0.5) is 0 Å². The lowest BCUT2D eigenvalue weighted by Crippen LogP contribution is -2.07. The van der Waals surface area contributed by atoms with E-state index >= 15 is 0 Å². The zero-order valence-corrected chi connectivity index (χ0v) is 4.68. The molecule has 0 saturated heterocycles. The van der Waals surface area contributed by atoms with Gasteiger partial charge in [-0.1, -0.05) is 6.08 Å². The van der Waals surface area contributed by atoms with Crippen molar-refractivity contribution in [2.75, 3.05) is 0 Å². The lowest BCUT2D eigenvalue weighted by molar-refractivity contribution is 0.672. The summed E-state index contributed by atoms with van der Waals surface area (Å²) in [6.45, 7) is 4.15. The third kappa shape index (κ3) is 0.889. The second-order valence-corrected chi connectivity index (χ2v) is 2.29. The standard InChI is InChI=1S/C6H9N/c1-6(2)4-3-5-7-6/h3-5H,1-2H3. The van der Waals surface area contributed by atoms with Crippen LogP contribution in [0.5, 0.6) is 0 Å². The first kappa shape index (κ1) is 4.57. The smallest absolute Gasteiger partial charge is 0.0735 e. The first-order valence-electron chi connectivity index (χ1n) is 2.44. The van der Waals surface area contributed by atoms with Crippen LogP contribution in [0.2, 0.25) is 0 Å². The molecule has 1 rings (SSSR count). The molecule has 1 heterocycles. The molecular weight excluding hydrogens is 86.1 g/mol. The molecule has 0 aromatic rings. The Labute approximate surface area is 43.8 Å². The van der Waals surface area contributed by atoms with Crippen LogP contribution in [0.15, 0.2) is 17.1 Å². The molecule has 0 atom stereocenters. The van der Waals surface area contributed by atoms with Gasteiger partial charge in [0.1, 0.15) is 0 Å². The molecule has 0 fully saturated rings. The highest BCUT2D eigenvalue weighted by atomic mass is 14.8. The summed E-state index contributed by atoms with van der Waals surface area (Å²) in [6.07, 6.45) is 5.88. The van der Waals surface area contributed by atoms with Crippen LogP contribution in [-0.2, 0) is 0 Å². The Hall–Kier alpha value is -0.590. The molecule has 0 N–H and O–H groups in total. The van der Waals surface area contributed by atoms with E-state index in [9.17, 15) is 0 Å². The van der Waals surface area contributed by atoms with E-state index in [2.05, 4.69) is 24.9 Å². The van der Waals surface area contributed by atoms with Crippen LogP contribution < -0.4 is 0 Å². The Morgan fingerprint density at radius 2 is 2.14 bits per heavy atom. The minimum absolute atomic E-state index is 0.0833. The molecule has 0 amide bonds. The van der Waals surface area contributed by atoms with E-state index in [1.165, 1.54) is 0 Å². The Morgan fingerprint density at radius 1 is 1.43 bits per heavy atom. The van der Waals surface area contributed by atoms with Crippen molar-refractivity contribution < 1.29 is 0 Å². The Balaban J connectivity index is 2.77. The van der Waals surface area contributed by atoms with Crippen molar-refractivity contribution in [3.63, 3.8) is 0 Å². The molecule has 0 bridgehead atoms. The summed E-state index contributed by atoms with van der Waals surface area (Å²) in [5.74, 6) is 0. The molecule has 0 unspecified atom stereocenters. The van der Waals surface area contributed by atoms with Crippen molar-refractivity contribution in [3.8, 4) is 0 Å². The average molecular weight is 95.1 g/mol. The van der Waals surface area contributed by atoms with Gasteiger partial charge in [0.25, 0.3) is 0 Å². The molecule has 0 saturated carbocycles. The molecule has 0 aromatic carbocycles. The van der Waals surface area contributed by atoms with E-state index in [1.54, 1.807) is 0 Å². The summed E-state index contributed by atoms with van der Waals surface area (Å²) in [4.78, 5) is 4.13. The fourth-order valence-corrected chi connectivity index (χ4v) is 0.557. The maximum absolute atomic E-state index is 4.13. The van der Waals surface area contributed by atoms with Crippen LogP contribution in [-0.4, -0.2) is 11.8 Å². The molecule has 0 aromatic heterocycles. The molecule has 1 aliphatic heterocycles. The van der Waals surface area contributed by atoms with Crippen LogP contribution in [0.3, 0.4) is 0 Å². The zero-order chi connectivity index (χ0) is 5.33. The minimum atomic E-state index is 0.0833. The van der Waals surface area contributed by atoms with Gasteiger partial charge in [0.15, 0.2) is 0 Å². The summed E-state index contributed by atoms with van der Waals surface area (Å²) in [7, 11) is 0. The van der Waals surface area contributed by atoms with Gasteiger partial charge >= 0.3 is 0 Å². The maximum Gasteiger partial charge on any atom is 0.0735 e. The van der Waals surface area contributed by atoms with E-state index in [-0.39, 0.29) is 5.54 Å². The maximum atomic E-state index is 4.13. The van der Waals surface area contributed by atoms with Crippen molar-refractivity contribution >= 4 is 6.21 Å². The summed E-state index contributed by atoms with van der Waals surface area (Å²) in [5.41, 5.74) is 0.0833. The molecule has 0 radical (unpaired) electrons. The molecule has 1 heteroatoms. The van der Waals surface area contributed by atoms with Crippen LogP contribution >= 0.6 is 0 Å². The van der Waals surface area contributed by atoms with Gasteiger partial charge in [-0.3, -0.25) is 4.99 Å². The van der Waals surface area contributed by atoms with E-state index < -0.39 is 0 Å². The minimum Gasteiger partial charge on any atom is -0.283 e. The molecule has 1 aliphatic rings.